The van der Waals surface area contributed by atoms with Crippen molar-refractivity contribution in [1.82, 2.24) is 9.55 Å². The number of aromatic nitrogens is 2. The third kappa shape index (κ3) is 2.16. The van der Waals surface area contributed by atoms with Crippen molar-refractivity contribution in [2.75, 3.05) is 0 Å². The zero-order chi connectivity index (χ0) is 12.5. The molecule has 0 amide bonds. The highest BCUT2D eigenvalue weighted by Gasteiger charge is 2.22. The summed E-state index contributed by atoms with van der Waals surface area (Å²) in [6, 6.07) is 10.6. The highest BCUT2D eigenvalue weighted by molar-refractivity contribution is 6.30. The maximum atomic E-state index is 6.21. The summed E-state index contributed by atoms with van der Waals surface area (Å²) in [6.07, 6.45) is 2.66. The number of benzene rings is 1. The number of nitrogens with zero attached hydrogens (tertiary/aromatic N) is 2. The zero-order valence-electron chi connectivity index (χ0n) is 10.1. The number of rotatable bonds is 2. The summed E-state index contributed by atoms with van der Waals surface area (Å²) in [6.45, 7) is 0.929. The first-order chi connectivity index (χ1) is 8.74. The van der Waals surface area contributed by atoms with Crippen LogP contribution in [0.4, 0.5) is 0 Å². The molecule has 1 aliphatic heterocycles. The van der Waals surface area contributed by atoms with Gasteiger partial charge in [-0.2, -0.15) is 0 Å². The number of imidazole rings is 1. The molecular weight excluding hydrogens is 246 g/mol. The van der Waals surface area contributed by atoms with E-state index in [9.17, 15) is 0 Å². The lowest BCUT2D eigenvalue weighted by Crippen LogP contribution is -2.31. The van der Waals surface area contributed by atoms with Crippen LogP contribution in [0.25, 0.3) is 0 Å². The van der Waals surface area contributed by atoms with Crippen molar-refractivity contribution in [3.63, 3.8) is 0 Å². The van der Waals surface area contributed by atoms with Crippen LogP contribution in [0.15, 0.2) is 30.3 Å². The fourth-order valence-electron chi connectivity index (χ4n) is 2.52. The van der Waals surface area contributed by atoms with Gasteiger partial charge in [-0.1, -0.05) is 41.9 Å². The van der Waals surface area contributed by atoms with E-state index >= 15 is 0 Å². The van der Waals surface area contributed by atoms with E-state index in [0.29, 0.717) is 5.15 Å². The molecule has 0 bridgehead atoms. The van der Waals surface area contributed by atoms with E-state index in [1.807, 2.05) is 18.2 Å². The van der Waals surface area contributed by atoms with E-state index in [4.69, 9.17) is 17.3 Å². The molecule has 18 heavy (non-hydrogen) atoms. The Morgan fingerprint density at radius 1 is 1.33 bits per heavy atom. The summed E-state index contributed by atoms with van der Waals surface area (Å²) in [5.41, 5.74) is 8.34. The molecule has 94 valence electrons. The molecule has 1 aromatic heterocycles. The van der Waals surface area contributed by atoms with Gasteiger partial charge in [0.15, 0.2) is 5.15 Å². The van der Waals surface area contributed by atoms with Crippen LogP contribution < -0.4 is 5.73 Å². The molecule has 0 radical (unpaired) electrons. The molecule has 1 unspecified atom stereocenters. The van der Waals surface area contributed by atoms with Crippen LogP contribution in [-0.2, 0) is 19.4 Å². The van der Waals surface area contributed by atoms with Crippen molar-refractivity contribution >= 4 is 11.6 Å². The van der Waals surface area contributed by atoms with E-state index in [0.717, 1.165) is 37.3 Å². The van der Waals surface area contributed by atoms with Gasteiger partial charge in [0.25, 0.3) is 0 Å². The Balaban J connectivity index is 1.92. The molecule has 0 saturated carbocycles. The standard InChI is InChI=1S/C14H16ClN3/c15-14-12-9-11(16)6-7-18(12)13(17-14)8-10-4-2-1-3-5-10/h1-5,11H,6-9,16H2. The Kier molecular flexibility index (Phi) is 3.10. The predicted molar refractivity (Wildman–Crippen MR) is 72.8 cm³/mol. The van der Waals surface area contributed by atoms with Crippen LogP contribution >= 0.6 is 11.6 Å². The molecule has 1 aliphatic rings. The second-order valence-corrected chi connectivity index (χ2v) is 5.19. The Morgan fingerprint density at radius 2 is 2.11 bits per heavy atom. The van der Waals surface area contributed by atoms with Crippen LogP contribution in [0.1, 0.15) is 23.5 Å². The number of nitrogens with two attached hydrogens (primary N) is 1. The lowest BCUT2D eigenvalue weighted by atomic mass is 10.1. The van der Waals surface area contributed by atoms with E-state index in [1.54, 1.807) is 0 Å². The van der Waals surface area contributed by atoms with Crippen molar-refractivity contribution in [1.29, 1.82) is 0 Å². The third-order valence-corrected chi connectivity index (χ3v) is 3.79. The van der Waals surface area contributed by atoms with Gasteiger partial charge >= 0.3 is 0 Å². The van der Waals surface area contributed by atoms with Crippen LogP contribution in [-0.4, -0.2) is 15.6 Å². The molecular formula is C14H16ClN3. The highest BCUT2D eigenvalue weighted by atomic mass is 35.5. The summed E-state index contributed by atoms with van der Waals surface area (Å²) < 4.78 is 2.23. The Morgan fingerprint density at radius 3 is 2.89 bits per heavy atom. The second-order valence-electron chi connectivity index (χ2n) is 4.83. The normalized spacial score (nSPS) is 18.7. The molecule has 0 aliphatic carbocycles. The largest absolute Gasteiger partial charge is 0.330 e. The monoisotopic (exact) mass is 261 g/mol. The Hall–Kier alpha value is -1.32. The molecule has 0 spiro atoms. The van der Waals surface area contributed by atoms with Crippen molar-refractivity contribution in [3.05, 3.63) is 52.6 Å². The number of fused-ring (bicyclic) bond motifs is 1. The third-order valence-electron chi connectivity index (χ3n) is 3.49. The van der Waals surface area contributed by atoms with Crippen molar-refractivity contribution in [3.8, 4) is 0 Å². The number of hydrogen-bond acceptors (Lipinski definition) is 2. The summed E-state index contributed by atoms with van der Waals surface area (Å²) in [4.78, 5) is 4.49. The average molecular weight is 262 g/mol. The quantitative estimate of drug-likeness (QED) is 0.902. The maximum Gasteiger partial charge on any atom is 0.150 e. The lowest BCUT2D eigenvalue weighted by Gasteiger charge is -2.22. The molecule has 3 rings (SSSR count). The lowest BCUT2D eigenvalue weighted by molar-refractivity contribution is 0.462. The van der Waals surface area contributed by atoms with Crippen LogP contribution in [0.3, 0.4) is 0 Å². The van der Waals surface area contributed by atoms with Gasteiger partial charge in [-0.3, -0.25) is 0 Å². The van der Waals surface area contributed by atoms with Crippen LogP contribution in [0.2, 0.25) is 5.15 Å². The van der Waals surface area contributed by atoms with Crippen LogP contribution in [0, 0.1) is 0 Å². The molecule has 1 atom stereocenters. The zero-order valence-corrected chi connectivity index (χ0v) is 10.9. The molecule has 0 saturated heterocycles. The van der Waals surface area contributed by atoms with Gasteiger partial charge in [0.05, 0.1) is 5.69 Å². The molecule has 1 aromatic carbocycles. The van der Waals surface area contributed by atoms with Gasteiger partial charge in [0.1, 0.15) is 5.82 Å². The molecule has 4 heteroatoms. The summed E-state index contributed by atoms with van der Waals surface area (Å²) >= 11 is 6.21. The SMILES string of the molecule is NC1CCn2c(Cc3ccccc3)nc(Cl)c2C1. The fourth-order valence-corrected chi connectivity index (χ4v) is 2.80. The van der Waals surface area contributed by atoms with Gasteiger partial charge in [0, 0.05) is 25.4 Å². The first kappa shape index (κ1) is 11.8. The maximum absolute atomic E-state index is 6.21. The average Bonchev–Trinajstić information content (AvgIpc) is 2.67. The highest BCUT2D eigenvalue weighted by Crippen LogP contribution is 2.25. The Labute approximate surface area is 112 Å². The van der Waals surface area contributed by atoms with Crippen LogP contribution in [0.5, 0.6) is 0 Å². The van der Waals surface area contributed by atoms with Gasteiger partial charge in [0.2, 0.25) is 0 Å². The summed E-state index contributed by atoms with van der Waals surface area (Å²) in [5.74, 6) is 1.05. The number of hydrogen-bond donors (Lipinski definition) is 1. The fraction of sp³-hybridized carbons (Fsp3) is 0.357. The van der Waals surface area contributed by atoms with E-state index in [2.05, 4.69) is 21.7 Å². The molecule has 2 N–H and O–H groups in total. The summed E-state index contributed by atoms with van der Waals surface area (Å²) in [7, 11) is 0. The minimum absolute atomic E-state index is 0.219. The molecule has 2 heterocycles. The van der Waals surface area contributed by atoms with Crippen molar-refractivity contribution in [2.24, 2.45) is 5.73 Å². The number of halogens is 1. The van der Waals surface area contributed by atoms with Crippen molar-refractivity contribution < 1.29 is 0 Å². The van der Waals surface area contributed by atoms with Gasteiger partial charge < -0.3 is 10.3 Å². The van der Waals surface area contributed by atoms with E-state index < -0.39 is 0 Å². The van der Waals surface area contributed by atoms with Gasteiger partial charge in [-0.05, 0) is 12.0 Å². The molecule has 3 nitrogen and oxygen atoms in total. The van der Waals surface area contributed by atoms with E-state index in [1.165, 1.54) is 5.56 Å². The summed E-state index contributed by atoms with van der Waals surface area (Å²) in [5, 5.41) is 0.621. The van der Waals surface area contributed by atoms with Gasteiger partial charge in [-0.25, -0.2) is 4.98 Å². The smallest absolute Gasteiger partial charge is 0.150 e. The second kappa shape index (κ2) is 4.75. The minimum atomic E-state index is 0.219. The Bertz CT molecular complexity index is 548. The molecule has 2 aromatic rings. The topological polar surface area (TPSA) is 43.8 Å². The minimum Gasteiger partial charge on any atom is -0.330 e. The van der Waals surface area contributed by atoms with Gasteiger partial charge in [-0.15, -0.1) is 0 Å². The van der Waals surface area contributed by atoms with E-state index in [-0.39, 0.29) is 6.04 Å². The van der Waals surface area contributed by atoms with Crippen molar-refractivity contribution in [2.45, 2.75) is 31.8 Å². The molecule has 0 fully saturated rings. The first-order valence-electron chi connectivity index (χ1n) is 6.27. The first-order valence-corrected chi connectivity index (χ1v) is 6.65. The predicted octanol–water partition coefficient (Wildman–Crippen LogP) is 2.40.